The number of thiazole rings is 1. The summed E-state index contributed by atoms with van der Waals surface area (Å²) >= 11 is 11.1. The topological polar surface area (TPSA) is 45.2 Å². The zero-order valence-electron chi connectivity index (χ0n) is 12.9. The molecule has 0 fully saturated rings. The van der Waals surface area contributed by atoms with Crippen LogP contribution in [0.25, 0.3) is 10.2 Å². The number of nitrogens with one attached hydrogen (secondary N) is 1. The molecule has 7 heteroatoms. The quantitative estimate of drug-likeness (QED) is 0.636. The number of hydrogen-bond donors (Lipinski definition) is 1. The molecule has 0 bridgehead atoms. The molecule has 0 unspecified atom stereocenters. The van der Waals surface area contributed by atoms with E-state index in [1.807, 2.05) is 42.5 Å². The molecular formula is C17H15BrClN3OS. The van der Waals surface area contributed by atoms with E-state index in [4.69, 9.17) is 11.6 Å². The van der Waals surface area contributed by atoms with E-state index in [-0.39, 0.29) is 6.03 Å². The molecule has 0 atom stereocenters. The van der Waals surface area contributed by atoms with Gasteiger partial charge in [0.25, 0.3) is 0 Å². The predicted molar refractivity (Wildman–Crippen MR) is 102 cm³/mol. The second kappa shape index (κ2) is 7.51. The van der Waals surface area contributed by atoms with Crippen LogP contribution in [0, 0.1) is 0 Å². The molecule has 1 N–H and O–H groups in total. The van der Waals surface area contributed by atoms with Crippen molar-refractivity contribution in [2.45, 2.75) is 13.1 Å². The van der Waals surface area contributed by atoms with Crippen molar-refractivity contribution in [3.63, 3.8) is 0 Å². The van der Waals surface area contributed by atoms with E-state index in [1.165, 1.54) is 0 Å². The monoisotopic (exact) mass is 423 g/mol. The number of carbonyl (C=O) groups is 1. The summed E-state index contributed by atoms with van der Waals surface area (Å²) in [5.74, 6) is 0. The second-order valence-electron chi connectivity index (χ2n) is 5.33. The number of para-hydroxylation sites is 1. The van der Waals surface area contributed by atoms with Gasteiger partial charge in [-0.2, -0.15) is 0 Å². The first-order chi connectivity index (χ1) is 11.5. The maximum atomic E-state index is 12.3. The molecule has 0 aliphatic heterocycles. The van der Waals surface area contributed by atoms with Gasteiger partial charge in [0.2, 0.25) is 0 Å². The maximum absolute atomic E-state index is 12.3. The van der Waals surface area contributed by atoms with Crippen LogP contribution < -0.4 is 5.32 Å². The van der Waals surface area contributed by atoms with E-state index < -0.39 is 0 Å². The summed E-state index contributed by atoms with van der Waals surface area (Å²) in [7, 11) is 1.75. The van der Waals surface area contributed by atoms with Gasteiger partial charge in [-0.05, 0) is 29.8 Å². The molecule has 1 aromatic heterocycles. The third-order valence-corrected chi connectivity index (χ3v) is 5.37. The fraction of sp³-hybridized carbons (Fsp3) is 0.176. The molecule has 0 saturated heterocycles. The first kappa shape index (κ1) is 17.2. The number of halogens is 2. The van der Waals surface area contributed by atoms with Crippen LogP contribution in [0.3, 0.4) is 0 Å². The highest BCUT2D eigenvalue weighted by Gasteiger charge is 2.12. The summed E-state index contributed by atoms with van der Waals surface area (Å²) in [6.45, 7) is 0.856. The summed E-state index contributed by atoms with van der Waals surface area (Å²) < 4.78 is 2.04. The molecule has 124 valence electrons. The van der Waals surface area contributed by atoms with Crippen LogP contribution in [-0.2, 0) is 13.1 Å². The van der Waals surface area contributed by atoms with E-state index in [0.717, 1.165) is 25.3 Å². The lowest BCUT2D eigenvalue weighted by Gasteiger charge is -2.17. The van der Waals surface area contributed by atoms with Crippen molar-refractivity contribution in [1.29, 1.82) is 0 Å². The fourth-order valence-electron chi connectivity index (χ4n) is 2.23. The average molecular weight is 425 g/mol. The standard InChI is InChI=1S/C17H15BrClN3OS/c1-22(10-16-21-14-4-2-3-5-15(14)24-16)17(23)20-9-11-6-7-12(18)8-13(11)19/h2-8H,9-10H2,1H3,(H,20,23). The molecule has 3 aromatic rings. The van der Waals surface area contributed by atoms with E-state index in [0.29, 0.717) is 18.1 Å². The zero-order chi connectivity index (χ0) is 17.1. The number of urea groups is 1. The Bertz CT molecular complexity index is 850. The molecule has 0 radical (unpaired) electrons. The van der Waals surface area contributed by atoms with E-state index in [9.17, 15) is 4.79 Å². The van der Waals surface area contributed by atoms with Gasteiger partial charge in [-0.1, -0.05) is 45.7 Å². The van der Waals surface area contributed by atoms with Crippen molar-refractivity contribution in [1.82, 2.24) is 15.2 Å². The van der Waals surface area contributed by atoms with E-state index in [2.05, 4.69) is 26.2 Å². The summed E-state index contributed by atoms with van der Waals surface area (Å²) in [5, 5.41) is 4.41. The highest BCUT2D eigenvalue weighted by atomic mass is 79.9. The Labute approximate surface area is 157 Å². The summed E-state index contributed by atoms with van der Waals surface area (Å²) in [6, 6.07) is 13.4. The third kappa shape index (κ3) is 4.06. The minimum atomic E-state index is -0.159. The van der Waals surface area contributed by atoms with Crippen molar-refractivity contribution in [3.05, 3.63) is 62.5 Å². The molecule has 0 saturated carbocycles. The minimum Gasteiger partial charge on any atom is -0.334 e. The summed E-state index contributed by atoms with van der Waals surface area (Å²) in [4.78, 5) is 18.4. The molecule has 4 nitrogen and oxygen atoms in total. The van der Waals surface area contributed by atoms with E-state index in [1.54, 1.807) is 23.3 Å². The van der Waals surface area contributed by atoms with Gasteiger partial charge in [0.1, 0.15) is 5.01 Å². The molecule has 0 aliphatic rings. The molecule has 24 heavy (non-hydrogen) atoms. The summed E-state index contributed by atoms with van der Waals surface area (Å²) in [6.07, 6.45) is 0. The Morgan fingerprint density at radius 2 is 2.12 bits per heavy atom. The molecule has 0 aliphatic carbocycles. The first-order valence-corrected chi connectivity index (χ1v) is 9.29. The van der Waals surface area contributed by atoms with Gasteiger partial charge >= 0.3 is 6.03 Å². The average Bonchev–Trinajstić information content (AvgIpc) is 2.95. The number of amides is 2. The number of carbonyl (C=O) groups excluding carboxylic acids is 1. The lowest BCUT2D eigenvalue weighted by atomic mass is 10.2. The first-order valence-electron chi connectivity index (χ1n) is 7.30. The SMILES string of the molecule is CN(Cc1nc2ccccc2s1)C(=O)NCc1ccc(Br)cc1Cl. The predicted octanol–water partition coefficient (Wildman–Crippen LogP) is 5.05. The number of rotatable bonds is 4. The Balaban J connectivity index is 1.60. The highest BCUT2D eigenvalue weighted by molar-refractivity contribution is 9.10. The van der Waals surface area contributed by atoms with Crippen LogP contribution in [0.15, 0.2) is 46.9 Å². The van der Waals surface area contributed by atoms with Gasteiger partial charge in [0.15, 0.2) is 0 Å². The van der Waals surface area contributed by atoms with Crippen molar-refractivity contribution in [2.75, 3.05) is 7.05 Å². The molecule has 2 amide bonds. The van der Waals surface area contributed by atoms with Crippen LogP contribution in [-0.4, -0.2) is 23.0 Å². The Kier molecular flexibility index (Phi) is 5.38. The number of benzene rings is 2. The Hall–Kier alpha value is -1.63. The lowest BCUT2D eigenvalue weighted by Crippen LogP contribution is -2.36. The van der Waals surface area contributed by atoms with E-state index >= 15 is 0 Å². The smallest absolute Gasteiger partial charge is 0.317 e. The van der Waals surface area contributed by atoms with Crippen LogP contribution in [0.2, 0.25) is 5.02 Å². The molecular weight excluding hydrogens is 410 g/mol. The van der Waals surface area contributed by atoms with Crippen molar-refractivity contribution < 1.29 is 4.79 Å². The largest absolute Gasteiger partial charge is 0.334 e. The molecule has 1 heterocycles. The Morgan fingerprint density at radius 3 is 2.88 bits per heavy atom. The number of fused-ring (bicyclic) bond motifs is 1. The minimum absolute atomic E-state index is 0.159. The fourth-order valence-corrected chi connectivity index (χ4v) is 3.99. The van der Waals surface area contributed by atoms with Gasteiger partial charge in [0.05, 0.1) is 16.8 Å². The van der Waals surface area contributed by atoms with Crippen molar-refractivity contribution in [3.8, 4) is 0 Å². The van der Waals surface area contributed by atoms with Crippen LogP contribution >= 0.6 is 38.9 Å². The van der Waals surface area contributed by atoms with Gasteiger partial charge in [0, 0.05) is 23.1 Å². The van der Waals surface area contributed by atoms with Crippen LogP contribution in [0.4, 0.5) is 4.79 Å². The second-order valence-corrected chi connectivity index (χ2v) is 7.76. The van der Waals surface area contributed by atoms with Crippen LogP contribution in [0.5, 0.6) is 0 Å². The van der Waals surface area contributed by atoms with Crippen molar-refractivity contribution in [2.24, 2.45) is 0 Å². The maximum Gasteiger partial charge on any atom is 0.317 e. The number of aromatic nitrogens is 1. The third-order valence-electron chi connectivity index (χ3n) is 3.50. The van der Waals surface area contributed by atoms with Gasteiger partial charge < -0.3 is 10.2 Å². The number of nitrogens with zero attached hydrogens (tertiary/aromatic N) is 2. The molecule has 0 spiro atoms. The molecule has 3 rings (SSSR count). The highest BCUT2D eigenvalue weighted by Crippen LogP contribution is 2.23. The van der Waals surface area contributed by atoms with Gasteiger partial charge in [-0.25, -0.2) is 9.78 Å². The lowest BCUT2D eigenvalue weighted by molar-refractivity contribution is 0.206. The Morgan fingerprint density at radius 1 is 1.33 bits per heavy atom. The summed E-state index contributed by atoms with van der Waals surface area (Å²) in [5.41, 5.74) is 1.84. The normalized spacial score (nSPS) is 10.8. The van der Waals surface area contributed by atoms with Gasteiger partial charge in [-0.3, -0.25) is 0 Å². The van der Waals surface area contributed by atoms with Crippen molar-refractivity contribution >= 4 is 55.1 Å². The zero-order valence-corrected chi connectivity index (χ0v) is 16.1. The molecule has 2 aromatic carbocycles. The van der Waals surface area contributed by atoms with Gasteiger partial charge in [-0.15, -0.1) is 11.3 Å². The number of hydrogen-bond acceptors (Lipinski definition) is 3. The van der Waals surface area contributed by atoms with Crippen LogP contribution in [0.1, 0.15) is 10.6 Å².